The summed E-state index contributed by atoms with van der Waals surface area (Å²) in [5.41, 5.74) is 3.44. The number of anilines is 1. The molecule has 9 heteroatoms. The van der Waals surface area contributed by atoms with Gasteiger partial charge in [-0.3, -0.25) is 19.8 Å². The molecule has 2 heterocycles. The Morgan fingerprint density at radius 3 is 2.59 bits per heavy atom. The first kappa shape index (κ1) is 21.8. The van der Waals surface area contributed by atoms with Crippen molar-refractivity contribution < 1.29 is 18.9 Å². The van der Waals surface area contributed by atoms with Gasteiger partial charge in [-0.2, -0.15) is 0 Å². The smallest absolute Gasteiger partial charge is 0.273 e. The van der Waals surface area contributed by atoms with Gasteiger partial charge in [-0.15, -0.1) is 0 Å². The molecule has 0 radical (unpaired) electrons. The van der Waals surface area contributed by atoms with Crippen LogP contribution in [0.4, 0.5) is 11.4 Å². The second kappa shape index (κ2) is 8.60. The molecule has 7 nitrogen and oxygen atoms in total. The van der Waals surface area contributed by atoms with Crippen molar-refractivity contribution in [1.29, 1.82) is 0 Å². The molecule has 0 aliphatic carbocycles. The number of amides is 1. The van der Waals surface area contributed by atoms with Gasteiger partial charge in [0, 0.05) is 12.1 Å². The minimum atomic E-state index is -0.489. The maximum atomic E-state index is 13.0. The number of carbonyl (C=O) groups is 1. The quantitative estimate of drug-likeness (QED) is 0.201. The minimum Gasteiger partial charge on any atom is -0.496 e. The number of non-ortho nitro benzene ring substituents is 1. The van der Waals surface area contributed by atoms with Crippen molar-refractivity contribution in [2.24, 2.45) is 0 Å². The zero-order chi connectivity index (χ0) is 23.0. The van der Waals surface area contributed by atoms with Gasteiger partial charge in [0.1, 0.15) is 17.3 Å². The van der Waals surface area contributed by atoms with Crippen molar-refractivity contribution in [2.75, 3.05) is 12.0 Å². The van der Waals surface area contributed by atoms with Gasteiger partial charge in [-0.25, -0.2) is 0 Å². The van der Waals surface area contributed by atoms with E-state index in [-0.39, 0.29) is 11.6 Å². The lowest BCUT2D eigenvalue weighted by atomic mass is 10.1. The lowest BCUT2D eigenvalue weighted by Gasteiger charge is -2.15. The van der Waals surface area contributed by atoms with Crippen LogP contribution in [0.15, 0.2) is 57.9 Å². The third kappa shape index (κ3) is 4.04. The molecule has 0 N–H and O–H groups in total. The molecule has 1 amide bonds. The summed E-state index contributed by atoms with van der Waals surface area (Å²) in [7, 11) is 1.44. The number of hydrogen-bond donors (Lipinski definition) is 0. The number of benzene rings is 2. The highest BCUT2D eigenvalue weighted by molar-refractivity contribution is 8.27. The summed E-state index contributed by atoms with van der Waals surface area (Å²) in [6, 6.07) is 13.5. The molecular formula is C23H18N2O5S2. The van der Waals surface area contributed by atoms with Crippen LogP contribution >= 0.6 is 24.0 Å². The molecule has 1 fully saturated rings. The van der Waals surface area contributed by atoms with Gasteiger partial charge in [-0.05, 0) is 55.3 Å². The zero-order valence-electron chi connectivity index (χ0n) is 17.4. The van der Waals surface area contributed by atoms with Crippen molar-refractivity contribution in [3.05, 3.63) is 80.4 Å². The van der Waals surface area contributed by atoms with Crippen LogP contribution in [-0.2, 0) is 4.79 Å². The third-order valence-electron chi connectivity index (χ3n) is 5.10. The highest BCUT2D eigenvalue weighted by Crippen LogP contribution is 2.38. The predicted molar refractivity (Wildman–Crippen MR) is 129 cm³/mol. The van der Waals surface area contributed by atoms with Crippen molar-refractivity contribution in [1.82, 2.24) is 0 Å². The van der Waals surface area contributed by atoms with E-state index in [0.29, 0.717) is 32.1 Å². The molecule has 32 heavy (non-hydrogen) atoms. The normalized spacial score (nSPS) is 15.0. The third-order valence-corrected chi connectivity index (χ3v) is 6.41. The summed E-state index contributed by atoms with van der Waals surface area (Å²) in [6.45, 7) is 4.00. The SMILES string of the molecule is COc1cc([N+](=O)[O-])ccc1-c1ccc(/C=C2/SC(=S)N(c3ccc(C)c(C)c3)C2=O)o1. The number of aryl methyl sites for hydroxylation is 2. The van der Waals surface area contributed by atoms with Crippen LogP contribution in [0, 0.1) is 24.0 Å². The van der Waals surface area contributed by atoms with E-state index in [1.807, 2.05) is 32.0 Å². The monoisotopic (exact) mass is 466 g/mol. The molecular weight excluding hydrogens is 448 g/mol. The number of carbonyl (C=O) groups excluding carboxylic acids is 1. The van der Waals surface area contributed by atoms with E-state index in [4.69, 9.17) is 21.4 Å². The van der Waals surface area contributed by atoms with Gasteiger partial charge in [0.2, 0.25) is 0 Å². The molecule has 3 aromatic rings. The largest absolute Gasteiger partial charge is 0.496 e. The Bertz CT molecular complexity index is 1300. The number of rotatable bonds is 5. The number of nitro benzene ring substituents is 1. The Kier molecular flexibility index (Phi) is 5.86. The number of hydrogen-bond acceptors (Lipinski definition) is 7. The number of thiocarbonyl (C=S) groups is 1. The summed E-state index contributed by atoms with van der Waals surface area (Å²) in [5.74, 6) is 1.03. The van der Waals surface area contributed by atoms with E-state index < -0.39 is 4.92 Å². The van der Waals surface area contributed by atoms with Crippen LogP contribution in [0.3, 0.4) is 0 Å². The molecule has 0 atom stereocenters. The van der Waals surface area contributed by atoms with Crippen LogP contribution in [0.25, 0.3) is 17.4 Å². The Morgan fingerprint density at radius 2 is 1.91 bits per heavy atom. The molecule has 4 rings (SSSR count). The number of methoxy groups -OCH3 is 1. The second-order valence-electron chi connectivity index (χ2n) is 7.13. The fraction of sp³-hybridized carbons (Fsp3) is 0.130. The Hall–Kier alpha value is -3.43. The van der Waals surface area contributed by atoms with E-state index in [9.17, 15) is 14.9 Å². The van der Waals surface area contributed by atoms with Crippen molar-refractivity contribution in [3.63, 3.8) is 0 Å². The fourth-order valence-electron chi connectivity index (χ4n) is 3.26. The molecule has 1 aromatic heterocycles. The highest BCUT2D eigenvalue weighted by atomic mass is 32.2. The number of thioether (sulfide) groups is 1. The molecule has 1 aliphatic rings. The lowest BCUT2D eigenvalue weighted by molar-refractivity contribution is -0.384. The fourth-order valence-corrected chi connectivity index (χ4v) is 4.54. The molecule has 162 valence electrons. The molecule has 2 aromatic carbocycles. The summed E-state index contributed by atoms with van der Waals surface area (Å²) in [6.07, 6.45) is 1.64. The number of nitrogens with zero attached hydrogens (tertiary/aromatic N) is 2. The van der Waals surface area contributed by atoms with Crippen LogP contribution in [0.5, 0.6) is 5.75 Å². The van der Waals surface area contributed by atoms with E-state index in [2.05, 4.69) is 0 Å². The van der Waals surface area contributed by atoms with Crippen LogP contribution < -0.4 is 9.64 Å². The highest BCUT2D eigenvalue weighted by Gasteiger charge is 2.33. The first-order chi connectivity index (χ1) is 15.3. The summed E-state index contributed by atoms with van der Waals surface area (Å²) in [4.78, 5) is 25.5. The van der Waals surface area contributed by atoms with E-state index in [0.717, 1.165) is 16.8 Å². The summed E-state index contributed by atoms with van der Waals surface area (Å²) in [5, 5.41) is 11.0. The average Bonchev–Trinajstić information content (AvgIpc) is 3.34. The van der Waals surface area contributed by atoms with Crippen LogP contribution in [0.1, 0.15) is 16.9 Å². The molecule has 0 bridgehead atoms. The van der Waals surface area contributed by atoms with E-state index in [1.54, 1.807) is 24.3 Å². The predicted octanol–water partition coefficient (Wildman–Crippen LogP) is 5.89. The average molecular weight is 467 g/mol. The first-order valence-electron chi connectivity index (χ1n) is 9.56. The minimum absolute atomic E-state index is 0.0765. The summed E-state index contributed by atoms with van der Waals surface area (Å²) < 4.78 is 11.6. The van der Waals surface area contributed by atoms with E-state index >= 15 is 0 Å². The maximum Gasteiger partial charge on any atom is 0.273 e. The molecule has 0 saturated carbocycles. The van der Waals surface area contributed by atoms with E-state index in [1.165, 1.54) is 35.9 Å². The van der Waals surface area contributed by atoms with Gasteiger partial charge < -0.3 is 9.15 Å². The number of furan rings is 1. The Morgan fingerprint density at radius 1 is 1.12 bits per heavy atom. The van der Waals surface area contributed by atoms with Gasteiger partial charge >= 0.3 is 0 Å². The van der Waals surface area contributed by atoms with Crippen molar-refractivity contribution >= 4 is 51.7 Å². The Balaban J connectivity index is 1.62. The van der Waals surface area contributed by atoms with Gasteiger partial charge in [0.15, 0.2) is 4.32 Å². The second-order valence-corrected chi connectivity index (χ2v) is 8.81. The van der Waals surface area contributed by atoms with Crippen molar-refractivity contribution in [2.45, 2.75) is 13.8 Å². The maximum absolute atomic E-state index is 13.0. The molecule has 1 aliphatic heterocycles. The van der Waals surface area contributed by atoms with Crippen LogP contribution in [-0.4, -0.2) is 22.3 Å². The van der Waals surface area contributed by atoms with Gasteiger partial charge in [0.05, 0.1) is 34.3 Å². The lowest BCUT2D eigenvalue weighted by Crippen LogP contribution is -2.27. The number of ether oxygens (including phenoxy) is 1. The molecule has 0 spiro atoms. The topological polar surface area (TPSA) is 85.8 Å². The van der Waals surface area contributed by atoms with Crippen molar-refractivity contribution in [3.8, 4) is 17.1 Å². The zero-order valence-corrected chi connectivity index (χ0v) is 19.1. The molecule has 1 saturated heterocycles. The molecule has 0 unspecified atom stereocenters. The van der Waals surface area contributed by atoms with Gasteiger partial charge in [0.25, 0.3) is 11.6 Å². The summed E-state index contributed by atoms with van der Waals surface area (Å²) >= 11 is 6.65. The first-order valence-corrected chi connectivity index (χ1v) is 10.8. The standard InChI is InChI=1S/C23H18N2O5S2/c1-13-4-5-15(10-14(13)2)24-22(26)21(32-23(24)31)12-17-7-9-19(30-17)18-8-6-16(25(27)28)11-20(18)29-3/h4-12H,1-3H3/b21-12+. The van der Waals surface area contributed by atoms with Gasteiger partial charge in [-0.1, -0.05) is 30.0 Å². The van der Waals surface area contributed by atoms with Crippen LogP contribution in [0.2, 0.25) is 0 Å². The Labute approximate surface area is 193 Å². The number of nitro groups is 1.